The Bertz CT molecular complexity index is 592. The molecule has 2 aliphatic carbocycles. The number of aliphatic hydroxyl groups excluding tert-OH is 2. The van der Waals surface area contributed by atoms with Crippen LogP contribution in [0.5, 0.6) is 0 Å². The summed E-state index contributed by atoms with van der Waals surface area (Å²) in [6.07, 6.45) is 18.3. The summed E-state index contributed by atoms with van der Waals surface area (Å²) in [4.78, 5) is 0. The Morgan fingerprint density at radius 2 is 1.70 bits per heavy atom. The van der Waals surface area contributed by atoms with E-state index in [-0.39, 0.29) is 11.6 Å². The minimum Gasteiger partial charge on any atom is -0.393 e. The summed E-state index contributed by atoms with van der Waals surface area (Å²) in [6.45, 7) is 20.1. The van der Waals surface area contributed by atoms with Crippen molar-refractivity contribution in [2.75, 3.05) is 5.52 Å². The molecule has 194 valence electrons. The molecule has 5 atom stereocenters. The van der Waals surface area contributed by atoms with Crippen LogP contribution in [0.4, 0.5) is 0 Å². The fourth-order valence-electron chi connectivity index (χ4n) is 6.12. The summed E-state index contributed by atoms with van der Waals surface area (Å²) in [7, 11) is 0. The Morgan fingerprint density at radius 3 is 2.24 bits per heavy atom. The number of halogens is 1. The van der Waals surface area contributed by atoms with Gasteiger partial charge in [0.1, 0.15) is 0 Å². The number of rotatable bonds is 8. The second-order valence-corrected chi connectivity index (χ2v) is 10.7. The quantitative estimate of drug-likeness (QED) is 0.309. The van der Waals surface area contributed by atoms with Gasteiger partial charge in [0.15, 0.2) is 0 Å². The molecular formula is C30H55BrO2. The third-order valence-electron chi connectivity index (χ3n) is 8.11. The van der Waals surface area contributed by atoms with E-state index in [0.29, 0.717) is 11.3 Å². The topological polar surface area (TPSA) is 40.5 Å². The highest BCUT2D eigenvalue weighted by Gasteiger charge is 2.43. The largest absolute Gasteiger partial charge is 0.393 e. The lowest BCUT2D eigenvalue weighted by atomic mass is 9.56. The number of hydrogen-bond acceptors (Lipinski definition) is 2. The van der Waals surface area contributed by atoms with Crippen molar-refractivity contribution in [3.05, 3.63) is 35.5 Å². The molecule has 0 amide bonds. The Kier molecular flexibility index (Phi) is 17.8. The summed E-state index contributed by atoms with van der Waals surface area (Å²) in [5, 5.41) is 17.1. The van der Waals surface area contributed by atoms with E-state index in [4.69, 9.17) is 5.11 Å². The normalized spacial score (nSPS) is 28.3. The van der Waals surface area contributed by atoms with E-state index in [1.165, 1.54) is 68.9 Å². The van der Waals surface area contributed by atoms with Crippen molar-refractivity contribution in [1.82, 2.24) is 0 Å². The second kappa shape index (κ2) is 18.0. The van der Waals surface area contributed by atoms with Gasteiger partial charge in [0.2, 0.25) is 0 Å². The molecule has 3 heteroatoms. The maximum Gasteiger partial charge on any atom is 0.0980 e. The molecular weight excluding hydrogens is 472 g/mol. The lowest BCUT2D eigenvalue weighted by Gasteiger charge is -2.49. The molecule has 2 nitrogen and oxygen atoms in total. The van der Waals surface area contributed by atoms with E-state index >= 15 is 0 Å². The van der Waals surface area contributed by atoms with Gasteiger partial charge >= 0.3 is 0 Å². The molecule has 2 fully saturated rings. The van der Waals surface area contributed by atoms with E-state index in [1.807, 2.05) is 20.8 Å². The first kappa shape index (κ1) is 32.6. The predicted molar refractivity (Wildman–Crippen MR) is 151 cm³/mol. The second-order valence-electron chi connectivity index (χ2n) is 10.2. The van der Waals surface area contributed by atoms with Gasteiger partial charge in [0.25, 0.3) is 0 Å². The van der Waals surface area contributed by atoms with Crippen molar-refractivity contribution in [3.63, 3.8) is 0 Å². The fraction of sp³-hybridized carbons (Fsp3) is 0.800. The number of alkyl halides is 1. The molecule has 2 rings (SSSR count). The van der Waals surface area contributed by atoms with Crippen LogP contribution >= 0.6 is 15.9 Å². The zero-order valence-electron chi connectivity index (χ0n) is 22.9. The van der Waals surface area contributed by atoms with Gasteiger partial charge in [-0.25, -0.2) is 0 Å². The maximum atomic E-state index is 9.60. The standard InChI is InChI=1S/C27H46O.C2H6.CH3BrO/c1-7-26(21(3)13-10-14-22(4)28)27(6)19-11-16-25(23(27)5)18-17-24-15-9-8-12-20(24)2;1-2;2-1-3/h17-18,21-23,26,28H,2,7-16,19H2,1,3-6H3;1-2H3;3H,1H2/b24-17-,25-18+;;/t21-,22?,23?,26?,27+;;/m1../s1. The highest BCUT2D eigenvalue weighted by Crippen LogP contribution is 2.52. The number of allylic oxidation sites excluding steroid dienone is 5. The van der Waals surface area contributed by atoms with E-state index in [1.54, 1.807) is 5.57 Å². The lowest BCUT2D eigenvalue weighted by Crippen LogP contribution is -2.40. The van der Waals surface area contributed by atoms with Crippen molar-refractivity contribution in [1.29, 1.82) is 0 Å². The molecule has 0 aromatic rings. The van der Waals surface area contributed by atoms with Crippen LogP contribution in [0.25, 0.3) is 0 Å². The van der Waals surface area contributed by atoms with Crippen LogP contribution in [-0.2, 0) is 0 Å². The summed E-state index contributed by atoms with van der Waals surface area (Å²) in [6, 6.07) is 0. The number of hydrogen-bond donors (Lipinski definition) is 2. The first-order chi connectivity index (χ1) is 15.7. The Hall–Kier alpha value is -0.380. The smallest absolute Gasteiger partial charge is 0.0980 e. The van der Waals surface area contributed by atoms with Crippen molar-refractivity contribution in [2.24, 2.45) is 23.2 Å². The van der Waals surface area contributed by atoms with Crippen molar-refractivity contribution >= 4 is 15.9 Å². The first-order valence-corrected chi connectivity index (χ1v) is 14.8. The molecule has 2 aliphatic rings. The molecule has 0 aromatic heterocycles. The van der Waals surface area contributed by atoms with E-state index in [0.717, 1.165) is 24.7 Å². The zero-order valence-corrected chi connectivity index (χ0v) is 24.5. The van der Waals surface area contributed by atoms with Gasteiger partial charge in [0.05, 0.1) is 11.6 Å². The minimum atomic E-state index is -0.159. The van der Waals surface area contributed by atoms with Gasteiger partial charge < -0.3 is 10.2 Å². The molecule has 2 N–H and O–H groups in total. The summed E-state index contributed by atoms with van der Waals surface area (Å²) < 4.78 is 0. The summed E-state index contributed by atoms with van der Waals surface area (Å²) in [5.74, 6) is 2.14. The van der Waals surface area contributed by atoms with Gasteiger partial charge in [-0.3, -0.25) is 0 Å². The SMILES string of the molecule is C=C1CCCC/C1=C/C=C1\CCC[C@](C)(C(CC)[C@H](C)CCCC(C)O)C1C.CC.OCBr. The molecule has 0 radical (unpaired) electrons. The molecule has 3 unspecified atom stereocenters. The third kappa shape index (κ3) is 10.8. The lowest BCUT2D eigenvalue weighted by molar-refractivity contribution is 0.0421. The van der Waals surface area contributed by atoms with E-state index in [2.05, 4.69) is 62.4 Å². The highest BCUT2D eigenvalue weighted by molar-refractivity contribution is 9.09. The van der Waals surface area contributed by atoms with Gasteiger partial charge in [-0.05, 0) is 87.0 Å². The van der Waals surface area contributed by atoms with Gasteiger partial charge in [-0.1, -0.05) is 107 Å². The van der Waals surface area contributed by atoms with Crippen LogP contribution in [0.2, 0.25) is 0 Å². The maximum absolute atomic E-state index is 9.60. The van der Waals surface area contributed by atoms with Crippen LogP contribution in [0, 0.1) is 23.2 Å². The molecule has 2 saturated carbocycles. The Morgan fingerprint density at radius 1 is 1.09 bits per heavy atom. The summed E-state index contributed by atoms with van der Waals surface area (Å²) in [5.41, 5.74) is 4.98. The van der Waals surface area contributed by atoms with Crippen molar-refractivity contribution in [2.45, 2.75) is 125 Å². The molecule has 0 aromatic carbocycles. The van der Waals surface area contributed by atoms with Crippen LogP contribution in [0.1, 0.15) is 119 Å². The first-order valence-electron chi connectivity index (χ1n) is 13.6. The molecule has 0 bridgehead atoms. The fourth-order valence-corrected chi connectivity index (χ4v) is 6.12. The van der Waals surface area contributed by atoms with E-state index < -0.39 is 0 Å². The zero-order chi connectivity index (χ0) is 25.4. The van der Waals surface area contributed by atoms with Crippen LogP contribution < -0.4 is 0 Å². The van der Waals surface area contributed by atoms with E-state index in [9.17, 15) is 5.11 Å². The minimum absolute atomic E-state index is 0.0625. The monoisotopic (exact) mass is 526 g/mol. The van der Waals surface area contributed by atoms with Gasteiger partial charge in [0, 0.05) is 0 Å². The highest BCUT2D eigenvalue weighted by atomic mass is 79.9. The van der Waals surface area contributed by atoms with Crippen molar-refractivity contribution < 1.29 is 10.2 Å². The summed E-state index contributed by atoms with van der Waals surface area (Å²) >= 11 is 2.70. The van der Waals surface area contributed by atoms with Gasteiger partial charge in [-0.15, -0.1) is 0 Å². The van der Waals surface area contributed by atoms with Crippen LogP contribution in [-0.4, -0.2) is 21.8 Å². The Balaban J connectivity index is 0.00000189. The average molecular weight is 528 g/mol. The third-order valence-corrected chi connectivity index (χ3v) is 8.11. The molecule has 0 saturated heterocycles. The Labute approximate surface area is 215 Å². The predicted octanol–water partition coefficient (Wildman–Crippen LogP) is 9.37. The van der Waals surface area contributed by atoms with Crippen molar-refractivity contribution in [3.8, 4) is 0 Å². The molecule has 0 aliphatic heterocycles. The van der Waals surface area contributed by atoms with Gasteiger partial charge in [-0.2, -0.15) is 0 Å². The molecule has 0 spiro atoms. The average Bonchev–Trinajstić information content (AvgIpc) is 2.78. The number of aliphatic hydroxyl groups is 2. The molecule has 0 heterocycles. The van der Waals surface area contributed by atoms with Crippen LogP contribution in [0.15, 0.2) is 35.5 Å². The van der Waals surface area contributed by atoms with Crippen LogP contribution in [0.3, 0.4) is 0 Å². The molecule has 33 heavy (non-hydrogen) atoms.